The number of piperidine rings is 1. The fourth-order valence-corrected chi connectivity index (χ4v) is 3.51. The predicted octanol–water partition coefficient (Wildman–Crippen LogP) is 3.20. The molecule has 1 aromatic heterocycles. The van der Waals surface area contributed by atoms with Gasteiger partial charge in [0.1, 0.15) is 5.82 Å². The molecule has 1 fully saturated rings. The molecule has 0 unspecified atom stereocenters. The van der Waals surface area contributed by atoms with E-state index in [4.69, 9.17) is 11.6 Å². The van der Waals surface area contributed by atoms with Crippen LogP contribution in [0.25, 0.3) is 0 Å². The minimum Gasteiger partial charge on any atom is -0.357 e. The van der Waals surface area contributed by atoms with Crippen LogP contribution in [0.5, 0.6) is 0 Å². The van der Waals surface area contributed by atoms with Crippen molar-refractivity contribution in [2.24, 2.45) is 5.92 Å². The quantitative estimate of drug-likeness (QED) is 0.590. The molecule has 30 heavy (non-hydrogen) atoms. The minimum absolute atomic E-state index is 0.267. The molecule has 2 heterocycles. The monoisotopic (exact) mass is 429 g/mol. The lowest BCUT2D eigenvalue weighted by Gasteiger charge is -2.31. The average Bonchev–Trinajstić information content (AvgIpc) is 2.76. The van der Waals surface area contributed by atoms with Gasteiger partial charge in [-0.2, -0.15) is 0 Å². The van der Waals surface area contributed by atoms with Gasteiger partial charge in [0, 0.05) is 38.9 Å². The highest BCUT2D eigenvalue weighted by molar-refractivity contribution is 6.33. The van der Waals surface area contributed by atoms with Crippen LogP contribution >= 0.6 is 11.6 Å². The number of hydrogen-bond donors (Lipinski definition) is 3. The molecule has 2 aromatic rings. The number of carbonyl (C=O) groups excluding carboxylic acids is 2. The third-order valence-corrected chi connectivity index (χ3v) is 5.51. The van der Waals surface area contributed by atoms with Gasteiger partial charge in [-0.1, -0.05) is 36.7 Å². The smallest absolute Gasteiger partial charge is 0.315 e. The first-order chi connectivity index (χ1) is 14.5. The summed E-state index contributed by atoms with van der Waals surface area (Å²) in [5, 5.41) is 8.64. The Kier molecular flexibility index (Phi) is 7.90. The maximum atomic E-state index is 12.0. The normalized spacial score (nSPS) is 14.3. The van der Waals surface area contributed by atoms with Crippen LogP contribution in [0.3, 0.4) is 0 Å². The Hall–Kier alpha value is -2.80. The first kappa shape index (κ1) is 21.9. The molecule has 0 bridgehead atoms. The Labute approximate surface area is 182 Å². The second-order valence-electron chi connectivity index (χ2n) is 7.54. The van der Waals surface area contributed by atoms with E-state index in [1.807, 2.05) is 12.1 Å². The van der Waals surface area contributed by atoms with E-state index in [-0.39, 0.29) is 11.9 Å². The molecular formula is C22H28ClN5O2. The van der Waals surface area contributed by atoms with Gasteiger partial charge in [-0.3, -0.25) is 4.79 Å². The van der Waals surface area contributed by atoms with Crippen LogP contribution in [-0.4, -0.2) is 43.1 Å². The van der Waals surface area contributed by atoms with Crippen LogP contribution in [0.15, 0.2) is 42.6 Å². The molecule has 3 amide bonds. The van der Waals surface area contributed by atoms with Crippen LogP contribution in [-0.2, 0) is 6.54 Å². The number of nitrogens with zero attached hydrogens (tertiary/aromatic N) is 2. The molecule has 0 spiro atoms. The van der Waals surface area contributed by atoms with Crippen molar-refractivity contribution in [1.82, 2.24) is 20.9 Å². The standard InChI is InChI=1S/C22H28ClN5O2/c1-16-8-12-28(13-9-16)20-7-6-17(14-26-20)15-27-22(30)25-11-10-24-21(29)18-4-2-3-5-19(18)23/h2-7,14,16H,8-13,15H2,1H3,(H,24,29)(H2,25,27,30). The number of urea groups is 1. The zero-order chi connectivity index (χ0) is 21.3. The molecule has 0 atom stereocenters. The maximum absolute atomic E-state index is 12.0. The second kappa shape index (κ2) is 10.8. The number of hydrogen-bond acceptors (Lipinski definition) is 4. The van der Waals surface area contributed by atoms with Crippen molar-refractivity contribution in [3.05, 3.63) is 58.7 Å². The lowest BCUT2D eigenvalue weighted by Crippen LogP contribution is -2.40. The molecule has 3 rings (SSSR count). The SMILES string of the molecule is CC1CCN(c2ccc(CNC(=O)NCCNC(=O)c3ccccc3Cl)cn2)CC1. The average molecular weight is 430 g/mol. The van der Waals surface area contributed by atoms with Crippen molar-refractivity contribution in [2.75, 3.05) is 31.1 Å². The number of pyridine rings is 1. The summed E-state index contributed by atoms with van der Waals surface area (Å²) in [6.07, 6.45) is 4.20. The molecule has 160 valence electrons. The Balaban J connectivity index is 1.33. The van der Waals surface area contributed by atoms with Gasteiger partial charge < -0.3 is 20.9 Å². The summed E-state index contributed by atoms with van der Waals surface area (Å²) in [5.74, 6) is 1.51. The Morgan fingerprint density at radius 3 is 2.50 bits per heavy atom. The molecule has 1 saturated heterocycles. The molecule has 0 radical (unpaired) electrons. The van der Waals surface area contributed by atoms with Gasteiger partial charge in [0.15, 0.2) is 0 Å². The number of carbonyl (C=O) groups is 2. The number of amides is 3. The number of halogens is 1. The summed E-state index contributed by atoms with van der Waals surface area (Å²) in [6.45, 7) is 5.39. The number of nitrogens with one attached hydrogen (secondary N) is 3. The topological polar surface area (TPSA) is 86.4 Å². The second-order valence-corrected chi connectivity index (χ2v) is 7.95. The van der Waals surface area contributed by atoms with Gasteiger partial charge >= 0.3 is 6.03 Å². The molecule has 1 aromatic carbocycles. The minimum atomic E-state index is -0.295. The van der Waals surface area contributed by atoms with Crippen molar-refractivity contribution in [3.8, 4) is 0 Å². The number of aromatic nitrogens is 1. The van der Waals surface area contributed by atoms with Crippen LogP contribution in [0, 0.1) is 5.92 Å². The van der Waals surface area contributed by atoms with E-state index >= 15 is 0 Å². The van der Waals surface area contributed by atoms with Gasteiger partial charge in [-0.25, -0.2) is 9.78 Å². The van der Waals surface area contributed by atoms with Crippen molar-refractivity contribution in [2.45, 2.75) is 26.3 Å². The Morgan fingerprint density at radius 1 is 1.07 bits per heavy atom. The van der Waals surface area contributed by atoms with Crippen molar-refractivity contribution >= 4 is 29.4 Å². The first-order valence-electron chi connectivity index (χ1n) is 10.3. The van der Waals surface area contributed by atoms with Crippen LogP contribution < -0.4 is 20.9 Å². The molecule has 3 N–H and O–H groups in total. The zero-order valence-corrected chi connectivity index (χ0v) is 17.9. The van der Waals surface area contributed by atoms with Crippen molar-refractivity contribution in [1.29, 1.82) is 0 Å². The highest BCUT2D eigenvalue weighted by atomic mass is 35.5. The van der Waals surface area contributed by atoms with Crippen molar-refractivity contribution < 1.29 is 9.59 Å². The molecule has 1 aliphatic heterocycles. The third kappa shape index (κ3) is 6.35. The largest absolute Gasteiger partial charge is 0.357 e. The van der Waals surface area contributed by atoms with Crippen molar-refractivity contribution in [3.63, 3.8) is 0 Å². The van der Waals surface area contributed by atoms with E-state index in [2.05, 4.69) is 32.8 Å². The van der Waals surface area contributed by atoms with Gasteiger partial charge in [-0.15, -0.1) is 0 Å². The molecule has 0 saturated carbocycles. The lowest BCUT2D eigenvalue weighted by atomic mass is 9.99. The van der Waals surface area contributed by atoms with E-state index in [0.717, 1.165) is 30.4 Å². The highest BCUT2D eigenvalue weighted by Gasteiger charge is 2.16. The number of rotatable bonds is 7. The molecule has 1 aliphatic rings. The number of benzene rings is 1. The van der Waals surface area contributed by atoms with Crippen LogP contribution in [0.4, 0.5) is 10.6 Å². The fraction of sp³-hybridized carbons (Fsp3) is 0.409. The summed E-state index contributed by atoms with van der Waals surface area (Å²) >= 11 is 5.99. The zero-order valence-electron chi connectivity index (χ0n) is 17.2. The third-order valence-electron chi connectivity index (χ3n) is 5.18. The van der Waals surface area contributed by atoms with E-state index in [1.54, 1.807) is 30.5 Å². The van der Waals surface area contributed by atoms with E-state index in [1.165, 1.54) is 12.8 Å². The van der Waals surface area contributed by atoms with E-state index in [0.29, 0.717) is 30.2 Å². The summed E-state index contributed by atoms with van der Waals surface area (Å²) in [7, 11) is 0. The fourth-order valence-electron chi connectivity index (χ4n) is 3.28. The summed E-state index contributed by atoms with van der Waals surface area (Å²) in [6, 6.07) is 10.5. The van der Waals surface area contributed by atoms with Gasteiger partial charge in [0.05, 0.1) is 10.6 Å². The molecule has 7 nitrogen and oxygen atoms in total. The summed E-state index contributed by atoms with van der Waals surface area (Å²) < 4.78 is 0. The van der Waals surface area contributed by atoms with Gasteiger partial charge in [-0.05, 0) is 42.5 Å². The Morgan fingerprint density at radius 2 is 1.80 bits per heavy atom. The van der Waals surface area contributed by atoms with Crippen LogP contribution in [0.2, 0.25) is 5.02 Å². The predicted molar refractivity (Wildman–Crippen MR) is 119 cm³/mol. The van der Waals surface area contributed by atoms with E-state index in [9.17, 15) is 9.59 Å². The van der Waals surface area contributed by atoms with Crippen LogP contribution in [0.1, 0.15) is 35.7 Å². The highest BCUT2D eigenvalue weighted by Crippen LogP contribution is 2.21. The number of anilines is 1. The summed E-state index contributed by atoms with van der Waals surface area (Å²) in [4.78, 5) is 30.8. The summed E-state index contributed by atoms with van der Waals surface area (Å²) in [5.41, 5.74) is 1.35. The maximum Gasteiger partial charge on any atom is 0.315 e. The van der Waals surface area contributed by atoms with Gasteiger partial charge in [0.2, 0.25) is 0 Å². The Bertz CT molecular complexity index is 851. The van der Waals surface area contributed by atoms with Gasteiger partial charge in [0.25, 0.3) is 5.91 Å². The molecular weight excluding hydrogens is 402 g/mol. The lowest BCUT2D eigenvalue weighted by molar-refractivity contribution is 0.0954. The first-order valence-corrected chi connectivity index (χ1v) is 10.6. The molecule has 8 heteroatoms. The van der Waals surface area contributed by atoms with E-state index < -0.39 is 0 Å². The molecule has 0 aliphatic carbocycles.